The molecule has 0 aromatic heterocycles. The molecule has 0 atom stereocenters. The zero-order valence-corrected chi connectivity index (χ0v) is 10.8. The Bertz CT molecular complexity index is 348. The molecule has 0 spiro atoms. The van der Waals surface area contributed by atoms with Crippen LogP contribution in [-0.4, -0.2) is 18.8 Å². The summed E-state index contributed by atoms with van der Waals surface area (Å²) >= 11 is 6.17. The quantitative estimate of drug-likeness (QED) is 0.858. The van der Waals surface area contributed by atoms with Gasteiger partial charge >= 0.3 is 0 Å². The molecule has 1 aromatic rings. The van der Waals surface area contributed by atoms with E-state index in [0.29, 0.717) is 10.9 Å². The van der Waals surface area contributed by atoms with Gasteiger partial charge in [-0.05, 0) is 36.0 Å². The highest BCUT2D eigenvalue weighted by Crippen LogP contribution is 2.35. The van der Waals surface area contributed by atoms with Gasteiger partial charge in [0.1, 0.15) is 5.75 Å². The summed E-state index contributed by atoms with van der Waals surface area (Å²) in [5.74, 6) is 1.14. The number of aliphatic hydroxyl groups excluding tert-OH is 1. The zero-order chi connectivity index (χ0) is 12.1. The second-order valence-electron chi connectivity index (χ2n) is 4.18. The van der Waals surface area contributed by atoms with Crippen LogP contribution in [0, 0.1) is 0 Å². The zero-order valence-electron chi connectivity index (χ0n) is 10.1. The lowest BCUT2D eigenvalue weighted by Crippen LogP contribution is -1.98. The molecule has 16 heavy (non-hydrogen) atoms. The van der Waals surface area contributed by atoms with Gasteiger partial charge in [-0.1, -0.05) is 31.5 Å². The number of aliphatic hydroxyl groups is 1. The Kier molecular flexibility index (Phi) is 5.10. The van der Waals surface area contributed by atoms with Gasteiger partial charge in [-0.2, -0.15) is 0 Å². The molecule has 0 unspecified atom stereocenters. The Labute approximate surface area is 102 Å². The number of aryl methyl sites for hydroxylation is 1. The molecule has 0 aliphatic heterocycles. The van der Waals surface area contributed by atoms with Gasteiger partial charge in [0, 0.05) is 6.61 Å². The summed E-state index contributed by atoms with van der Waals surface area (Å²) in [7, 11) is 1.64. The molecule has 0 aliphatic rings. The maximum atomic E-state index is 8.82. The van der Waals surface area contributed by atoms with Gasteiger partial charge in [0.2, 0.25) is 0 Å². The van der Waals surface area contributed by atoms with Crippen LogP contribution in [0.5, 0.6) is 5.75 Å². The molecule has 0 bridgehead atoms. The van der Waals surface area contributed by atoms with E-state index in [1.807, 2.05) is 6.07 Å². The Hall–Kier alpha value is -0.730. The molecule has 1 N–H and O–H groups in total. The number of halogens is 1. The number of benzene rings is 1. The first kappa shape index (κ1) is 13.3. The monoisotopic (exact) mass is 242 g/mol. The molecule has 0 amide bonds. The highest BCUT2D eigenvalue weighted by atomic mass is 35.5. The molecule has 3 heteroatoms. The van der Waals surface area contributed by atoms with E-state index in [-0.39, 0.29) is 6.61 Å². The summed E-state index contributed by atoms with van der Waals surface area (Å²) in [6.45, 7) is 4.44. The Morgan fingerprint density at radius 2 is 2.06 bits per heavy atom. The van der Waals surface area contributed by atoms with E-state index < -0.39 is 0 Å². The topological polar surface area (TPSA) is 29.5 Å². The van der Waals surface area contributed by atoms with Crippen LogP contribution >= 0.6 is 11.6 Å². The van der Waals surface area contributed by atoms with Gasteiger partial charge in [0.05, 0.1) is 12.1 Å². The predicted octanol–water partition coefficient (Wildman–Crippen LogP) is 3.40. The maximum Gasteiger partial charge on any atom is 0.140 e. The highest BCUT2D eigenvalue weighted by Gasteiger charge is 2.12. The van der Waals surface area contributed by atoms with E-state index in [2.05, 4.69) is 19.9 Å². The SMILES string of the molecule is COc1c(Cl)cc(CCCO)cc1C(C)C. The van der Waals surface area contributed by atoms with Gasteiger partial charge in [-0.15, -0.1) is 0 Å². The van der Waals surface area contributed by atoms with Gasteiger partial charge in [-0.3, -0.25) is 0 Å². The van der Waals surface area contributed by atoms with Crippen LogP contribution in [0.3, 0.4) is 0 Å². The summed E-state index contributed by atoms with van der Waals surface area (Å²) in [4.78, 5) is 0. The van der Waals surface area contributed by atoms with Crippen LogP contribution in [0.2, 0.25) is 5.02 Å². The Morgan fingerprint density at radius 1 is 1.38 bits per heavy atom. The second kappa shape index (κ2) is 6.12. The lowest BCUT2D eigenvalue weighted by Gasteiger charge is -2.15. The van der Waals surface area contributed by atoms with Crippen LogP contribution in [-0.2, 0) is 6.42 Å². The fourth-order valence-corrected chi connectivity index (χ4v) is 2.07. The van der Waals surface area contributed by atoms with Crippen molar-refractivity contribution in [2.24, 2.45) is 0 Å². The minimum atomic E-state index is 0.209. The van der Waals surface area contributed by atoms with Crippen molar-refractivity contribution < 1.29 is 9.84 Å². The average molecular weight is 243 g/mol. The smallest absolute Gasteiger partial charge is 0.140 e. The van der Waals surface area contributed by atoms with Crippen molar-refractivity contribution in [3.8, 4) is 5.75 Å². The van der Waals surface area contributed by atoms with E-state index in [1.54, 1.807) is 7.11 Å². The minimum Gasteiger partial charge on any atom is -0.495 e. The van der Waals surface area contributed by atoms with Crippen LogP contribution in [0.25, 0.3) is 0 Å². The largest absolute Gasteiger partial charge is 0.495 e. The molecule has 2 nitrogen and oxygen atoms in total. The molecular formula is C13H19ClO2. The Morgan fingerprint density at radius 3 is 2.56 bits per heavy atom. The van der Waals surface area contributed by atoms with E-state index >= 15 is 0 Å². The molecule has 0 heterocycles. The second-order valence-corrected chi connectivity index (χ2v) is 4.59. The van der Waals surface area contributed by atoms with Gasteiger partial charge < -0.3 is 9.84 Å². The molecular weight excluding hydrogens is 224 g/mol. The van der Waals surface area contributed by atoms with Crippen molar-refractivity contribution in [3.63, 3.8) is 0 Å². The minimum absolute atomic E-state index is 0.209. The van der Waals surface area contributed by atoms with E-state index in [9.17, 15) is 0 Å². The first-order valence-electron chi connectivity index (χ1n) is 5.57. The van der Waals surface area contributed by atoms with Crippen molar-refractivity contribution in [2.75, 3.05) is 13.7 Å². The molecule has 0 saturated heterocycles. The van der Waals surface area contributed by atoms with Gasteiger partial charge in [-0.25, -0.2) is 0 Å². The van der Waals surface area contributed by atoms with Crippen LogP contribution in [0.15, 0.2) is 12.1 Å². The lowest BCUT2D eigenvalue weighted by atomic mass is 9.98. The summed E-state index contributed by atoms with van der Waals surface area (Å²) in [5, 5.41) is 9.47. The summed E-state index contributed by atoms with van der Waals surface area (Å²) in [5.41, 5.74) is 2.28. The molecule has 0 aliphatic carbocycles. The lowest BCUT2D eigenvalue weighted by molar-refractivity contribution is 0.288. The summed E-state index contributed by atoms with van der Waals surface area (Å²) in [6, 6.07) is 4.03. The van der Waals surface area contributed by atoms with Crippen LogP contribution < -0.4 is 4.74 Å². The van der Waals surface area contributed by atoms with Crippen molar-refractivity contribution in [1.29, 1.82) is 0 Å². The molecule has 1 aromatic carbocycles. The van der Waals surface area contributed by atoms with Gasteiger partial charge in [0.15, 0.2) is 0 Å². The number of hydrogen-bond donors (Lipinski definition) is 1. The van der Waals surface area contributed by atoms with E-state index in [4.69, 9.17) is 21.4 Å². The molecule has 90 valence electrons. The third-order valence-electron chi connectivity index (χ3n) is 2.58. The molecule has 0 radical (unpaired) electrons. The number of methoxy groups -OCH3 is 1. The number of ether oxygens (including phenoxy) is 1. The third kappa shape index (κ3) is 3.13. The first-order chi connectivity index (χ1) is 7.60. The predicted molar refractivity (Wildman–Crippen MR) is 67.5 cm³/mol. The first-order valence-corrected chi connectivity index (χ1v) is 5.95. The Balaban J connectivity index is 3.07. The van der Waals surface area contributed by atoms with E-state index in [0.717, 1.165) is 29.7 Å². The standard InChI is InChI=1S/C13H19ClO2/c1-9(2)11-7-10(5-4-6-15)8-12(14)13(11)16-3/h7-9,15H,4-6H2,1-3H3. The molecule has 0 fully saturated rings. The number of hydrogen-bond acceptors (Lipinski definition) is 2. The van der Waals surface area contributed by atoms with Crippen molar-refractivity contribution in [3.05, 3.63) is 28.3 Å². The molecule has 0 saturated carbocycles. The normalized spacial score (nSPS) is 10.9. The number of rotatable bonds is 5. The summed E-state index contributed by atoms with van der Waals surface area (Å²) in [6.07, 6.45) is 1.61. The van der Waals surface area contributed by atoms with Crippen molar-refractivity contribution in [1.82, 2.24) is 0 Å². The fraction of sp³-hybridized carbons (Fsp3) is 0.538. The van der Waals surface area contributed by atoms with Crippen LogP contribution in [0.4, 0.5) is 0 Å². The average Bonchev–Trinajstić information content (AvgIpc) is 2.25. The van der Waals surface area contributed by atoms with Gasteiger partial charge in [0.25, 0.3) is 0 Å². The fourth-order valence-electron chi connectivity index (χ4n) is 1.74. The van der Waals surface area contributed by atoms with Crippen molar-refractivity contribution in [2.45, 2.75) is 32.6 Å². The molecule has 1 rings (SSSR count). The third-order valence-corrected chi connectivity index (χ3v) is 2.86. The van der Waals surface area contributed by atoms with Crippen molar-refractivity contribution >= 4 is 11.6 Å². The highest BCUT2D eigenvalue weighted by molar-refractivity contribution is 6.32. The summed E-state index contributed by atoms with van der Waals surface area (Å²) < 4.78 is 5.32. The van der Waals surface area contributed by atoms with E-state index in [1.165, 1.54) is 0 Å². The maximum absolute atomic E-state index is 8.82. The van der Waals surface area contributed by atoms with Crippen LogP contribution in [0.1, 0.15) is 37.3 Å².